The third-order valence-corrected chi connectivity index (χ3v) is 2.97. The van der Waals surface area contributed by atoms with Crippen molar-refractivity contribution >= 4 is 0 Å². The van der Waals surface area contributed by atoms with Gasteiger partial charge < -0.3 is 9.84 Å². The third kappa shape index (κ3) is 1.92. The van der Waals surface area contributed by atoms with E-state index in [-0.39, 0.29) is 5.41 Å². The molecule has 2 rings (SSSR count). The summed E-state index contributed by atoms with van der Waals surface area (Å²) in [5, 5.41) is 10.1. The molecule has 0 atom stereocenters. The van der Waals surface area contributed by atoms with Crippen molar-refractivity contribution in [3.05, 3.63) is 35.4 Å². The van der Waals surface area contributed by atoms with Gasteiger partial charge in [-0.2, -0.15) is 0 Å². The van der Waals surface area contributed by atoms with Crippen LogP contribution in [0.5, 0.6) is 0 Å². The van der Waals surface area contributed by atoms with Gasteiger partial charge >= 0.3 is 0 Å². The minimum Gasteiger partial charge on any atom is -0.380 e. The Morgan fingerprint density at radius 2 is 1.67 bits per heavy atom. The molecular weight excluding hydrogens is 188 g/mol. The lowest BCUT2D eigenvalue weighted by molar-refractivity contribution is -0.184. The Kier molecular flexibility index (Phi) is 2.36. The van der Waals surface area contributed by atoms with Crippen LogP contribution in [0.4, 0.5) is 0 Å². The second-order valence-electron chi connectivity index (χ2n) is 5.35. The van der Waals surface area contributed by atoms with Gasteiger partial charge in [0.2, 0.25) is 0 Å². The van der Waals surface area contributed by atoms with Crippen molar-refractivity contribution < 1.29 is 9.84 Å². The van der Waals surface area contributed by atoms with Gasteiger partial charge in [0.15, 0.2) is 0 Å². The van der Waals surface area contributed by atoms with Gasteiger partial charge in [0.25, 0.3) is 0 Å². The number of hydrogen-bond donors (Lipinski definition) is 1. The van der Waals surface area contributed by atoms with E-state index in [0.717, 1.165) is 5.56 Å². The molecule has 1 aliphatic rings. The van der Waals surface area contributed by atoms with Crippen LogP contribution in [0.1, 0.15) is 31.9 Å². The van der Waals surface area contributed by atoms with Crippen LogP contribution in [-0.4, -0.2) is 18.3 Å². The normalized spacial score (nSPS) is 19.7. The average Bonchev–Trinajstić information content (AvgIpc) is 2.13. The maximum absolute atomic E-state index is 10.1. The standard InChI is InChI=1S/C13H18O2/c1-12(2,3)10-4-6-11(7-5-10)13(14)8-15-9-13/h4-7,14H,8-9H2,1-3H3. The highest BCUT2D eigenvalue weighted by Gasteiger charge is 2.37. The number of rotatable bonds is 1. The van der Waals surface area contributed by atoms with E-state index >= 15 is 0 Å². The predicted molar refractivity (Wildman–Crippen MR) is 59.9 cm³/mol. The third-order valence-electron chi connectivity index (χ3n) is 2.97. The van der Waals surface area contributed by atoms with Crippen LogP contribution in [0.3, 0.4) is 0 Å². The Bertz CT molecular complexity index is 342. The first-order valence-corrected chi connectivity index (χ1v) is 5.33. The lowest BCUT2D eigenvalue weighted by atomic mass is 9.84. The maximum Gasteiger partial charge on any atom is 0.136 e. The molecule has 2 nitrogen and oxygen atoms in total. The Labute approximate surface area is 90.9 Å². The summed E-state index contributed by atoms with van der Waals surface area (Å²) in [5.41, 5.74) is 1.67. The number of aliphatic hydroxyl groups is 1. The molecule has 2 heteroatoms. The Morgan fingerprint density at radius 1 is 1.13 bits per heavy atom. The van der Waals surface area contributed by atoms with E-state index in [4.69, 9.17) is 4.74 Å². The molecule has 0 aromatic heterocycles. The SMILES string of the molecule is CC(C)(C)c1ccc(C2(O)COC2)cc1. The molecule has 0 radical (unpaired) electrons. The largest absolute Gasteiger partial charge is 0.380 e. The van der Waals surface area contributed by atoms with Gasteiger partial charge in [-0.1, -0.05) is 45.0 Å². The summed E-state index contributed by atoms with van der Waals surface area (Å²) in [6.45, 7) is 7.39. The number of benzene rings is 1. The van der Waals surface area contributed by atoms with Gasteiger partial charge in [-0.25, -0.2) is 0 Å². The van der Waals surface area contributed by atoms with Gasteiger partial charge in [-0.15, -0.1) is 0 Å². The fraction of sp³-hybridized carbons (Fsp3) is 0.538. The molecule has 0 spiro atoms. The Hall–Kier alpha value is -0.860. The summed E-state index contributed by atoms with van der Waals surface area (Å²) in [6, 6.07) is 8.18. The lowest BCUT2D eigenvalue weighted by Gasteiger charge is -2.37. The fourth-order valence-electron chi connectivity index (χ4n) is 1.74. The van der Waals surface area contributed by atoms with Gasteiger partial charge in [0.1, 0.15) is 5.60 Å². The fourth-order valence-corrected chi connectivity index (χ4v) is 1.74. The zero-order chi connectivity index (χ0) is 11.1. The first-order valence-electron chi connectivity index (χ1n) is 5.33. The van der Waals surface area contributed by atoms with E-state index in [1.165, 1.54) is 5.56 Å². The summed E-state index contributed by atoms with van der Waals surface area (Å²) in [5.74, 6) is 0. The average molecular weight is 206 g/mol. The summed E-state index contributed by atoms with van der Waals surface area (Å²) in [6.07, 6.45) is 0. The minimum absolute atomic E-state index is 0.164. The predicted octanol–water partition coefficient (Wildman–Crippen LogP) is 2.20. The van der Waals surface area contributed by atoms with Gasteiger partial charge in [-0.05, 0) is 16.5 Å². The number of hydrogen-bond acceptors (Lipinski definition) is 2. The molecule has 15 heavy (non-hydrogen) atoms. The topological polar surface area (TPSA) is 29.5 Å². The molecule has 0 unspecified atom stereocenters. The van der Waals surface area contributed by atoms with Crippen molar-refractivity contribution in [3.8, 4) is 0 Å². The van der Waals surface area contributed by atoms with E-state index in [1.54, 1.807) is 0 Å². The van der Waals surface area contributed by atoms with Crippen LogP contribution in [0.15, 0.2) is 24.3 Å². The molecule has 1 fully saturated rings. The van der Waals surface area contributed by atoms with Crippen LogP contribution < -0.4 is 0 Å². The van der Waals surface area contributed by atoms with Crippen LogP contribution in [0, 0.1) is 0 Å². The molecule has 0 aliphatic carbocycles. The Morgan fingerprint density at radius 3 is 2.00 bits per heavy atom. The zero-order valence-electron chi connectivity index (χ0n) is 9.58. The molecular formula is C13H18O2. The molecule has 1 N–H and O–H groups in total. The molecule has 0 amide bonds. The van der Waals surface area contributed by atoms with Crippen LogP contribution >= 0.6 is 0 Å². The highest BCUT2D eigenvalue weighted by Crippen LogP contribution is 2.31. The van der Waals surface area contributed by atoms with Gasteiger partial charge in [0.05, 0.1) is 13.2 Å². The van der Waals surface area contributed by atoms with Crippen molar-refractivity contribution in [2.24, 2.45) is 0 Å². The first kappa shape index (κ1) is 10.7. The summed E-state index contributed by atoms with van der Waals surface area (Å²) in [7, 11) is 0. The van der Waals surface area contributed by atoms with Crippen molar-refractivity contribution in [2.75, 3.05) is 13.2 Å². The highest BCUT2D eigenvalue weighted by molar-refractivity contribution is 5.31. The van der Waals surface area contributed by atoms with E-state index in [9.17, 15) is 5.11 Å². The zero-order valence-corrected chi connectivity index (χ0v) is 9.58. The van der Waals surface area contributed by atoms with Crippen molar-refractivity contribution in [1.29, 1.82) is 0 Å². The molecule has 0 bridgehead atoms. The van der Waals surface area contributed by atoms with E-state index < -0.39 is 5.60 Å². The molecule has 82 valence electrons. The lowest BCUT2D eigenvalue weighted by Crippen LogP contribution is -2.46. The molecule has 1 heterocycles. The summed E-state index contributed by atoms with van der Waals surface area (Å²) >= 11 is 0. The van der Waals surface area contributed by atoms with Crippen LogP contribution in [0.25, 0.3) is 0 Å². The number of ether oxygens (including phenoxy) is 1. The Balaban J connectivity index is 2.24. The summed E-state index contributed by atoms with van der Waals surface area (Å²) in [4.78, 5) is 0. The molecule has 1 saturated heterocycles. The van der Waals surface area contributed by atoms with Gasteiger partial charge in [0, 0.05) is 0 Å². The monoisotopic (exact) mass is 206 g/mol. The van der Waals surface area contributed by atoms with Crippen molar-refractivity contribution in [3.63, 3.8) is 0 Å². The smallest absolute Gasteiger partial charge is 0.136 e. The minimum atomic E-state index is -0.740. The van der Waals surface area contributed by atoms with E-state index in [1.807, 2.05) is 12.1 Å². The van der Waals surface area contributed by atoms with Crippen LogP contribution in [0.2, 0.25) is 0 Å². The summed E-state index contributed by atoms with van der Waals surface area (Å²) < 4.78 is 5.04. The van der Waals surface area contributed by atoms with Crippen molar-refractivity contribution in [1.82, 2.24) is 0 Å². The van der Waals surface area contributed by atoms with E-state index in [0.29, 0.717) is 13.2 Å². The molecule has 1 aromatic rings. The molecule has 1 aliphatic heterocycles. The quantitative estimate of drug-likeness (QED) is 0.763. The second-order valence-corrected chi connectivity index (χ2v) is 5.35. The maximum atomic E-state index is 10.1. The first-order chi connectivity index (χ1) is 6.92. The van der Waals surface area contributed by atoms with Gasteiger partial charge in [-0.3, -0.25) is 0 Å². The van der Waals surface area contributed by atoms with Crippen LogP contribution in [-0.2, 0) is 15.8 Å². The highest BCUT2D eigenvalue weighted by atomic mass is 16.5. The van der Waals surface area contributed by atoms with E-state index in [2.05, 4.69) is 32.9 Å². The molecule has 0 saturated carbocycles. The second kappa shape index (κ2) is 3.32. The van der Waals surface area contributed by atoms with Crippen molar-refractivity contribution in [2.45, 2.75) is 31.8 Å². The molecule has 1 aromatic carbocycles.